The molecule has 0 spiro atoms. The number of amides is 1. The normalized spacial score (nSPS) is 23.0. The lowest BCUT2D eigenvalue weighted by Crippen LogP contribution is -2.40. The van der Waals surface area contributed by atoms with Gasteiger partial charge in [0.05, 0.1) is 31.5 Å². The van der Waals surface area contributed by atoms with Crippen molar-refractivity contribution in [2.24, 2.45) is 11.8 Å². The predicted octanol–water partition coefficient (Wildman–Crippen LogP) is 2.27. The molecule has 1 atom stereocenters. The molecular formula is C19H29N3O4. The minimum atomic E-state index is -0.0262. The highest BCUT2D eigenvalue weighted by Crippen LogP contribution is 2.33. The number of hydrogen-bond donors (Lipinski definition) is 1. The van der Waals surface area contributed by atoms with Crippen LogP contribution in [0.4, 0.5) is 0 Å². The van der Waals surface area contributed by atoms with Gasteiger partial charge in [-0.1, -0.05) is 0 Å². The van der Waals surface area contributed by atoms with Gasteiger partial charge in [0.15, 0.2) is 0 Å². The Labute approximate surface area is 154 Å². The van der Waals surface area contributed by atoms with E-state index >= 15 is 0 Å². The molecule has 1 aromatic rings. The molecular weight excluding hydrogens is 334 g/mol. The van der Waals surface area contributed by atoms with Gasteiger partial charge in [0.25, 0.3) is 0 Å². The van der Waals surface area contributed by atoms with E-state index in [1.165, 1.54) is 26.1 Å². The van der Waals surface area contributed by atoms with E-state index < -0.39 is 0 Å². The Balaban J connectivity index is 1.35. The summed E-state index contributed by atoms with van der Waals surface area (Å²) in [7, 11) is 0. The number of ether oxygens (including phenoxy) is 3. The van der Waals surface area contributed by atoms with Gasteiger partial charge in [-0.05, 0) is 51.4 Å². The first-order chi connectivity index (χ1) is 12.5. The van der Waals surface area contributed by atoms with E-state index in [4.69, 9.17) is 14.2 Å². The van der Waals surface area contributed by atoms with Crippen molar-refractivity contribution >= 4 is 5.91 Å². The highest BCUT2D eigenvalue weighted by Gasteiger charge is 2.31. The molecule has 0 aromatic carbocycles. The second kappa shape index (κ2) is 8.66. The minimum absolute atomic E-state index is 0.0262. The van der Waals surface area contributed by atoms with Crippen molar-refractivity contribution in [3.8, 4) is 11.8 Å². The average molecular weight is 363 g/mol. The second-order valence-electron chi connectivity index (χ2n) is 7.57. The van der Waals surface area contributed by atoms with Gasteiger partial charge in [0.2, 0.25) is 17.7 Å². The first-order valence-electron chi connectivity index (χ1n) is 9.47. The fourth-order valence-corrected chi connectivity index (χ4v) is 3.00. The van der Waals surface area contributed by atoms with Gasteiger partial charge in [-0.15, -0.1) is 0 Å². The Morgan fingerprint density at radius 1 is 1.19 bits per heavy atom. The Morgan fingerprint density at radius 3 is 2.38 bits per heavy atom. The Hall–Kier alpha value is -1.89. The number of nitrogens with zero attached hydrogens (tertiary/aromatic N) is 2. The lowest BCUT2D eigenvalue weighted by Gasteiger charge is -2.35. The summed E-state index contributed by atoms with van der Waals surface area (Å²) < 4.78 is 17.5. The molecule has 0 unspecified atom stereocenters. The van der Waals surface area contributed by atoms with Gasteiger partial charge in [0.1, 0.15) is 6.33 Å². The number of nitrogens with one attached hydrogen (secondary N) is 1. The zero-order chi connectivity index (χ0) is 18.5. The molecule has 2 fully saturated rings. The first-order valence-corrected chi connectivity index (χ1v) is 9.47. The summed E-state index contributed by atoms with van der Waals surface area (Å²) >= 11 is 0. The SMILES string of the molecule is CC(=O)N[C@@H](C)COC1CC(COc2ncnc(OCC3CC3)c2C)C1. The van der Waals surface area contributed by atoms with Gasteiger partial charge >= 0.3 is 0 Å². The molecule has 1 aromatic heterocycles. The fraction of sp³-hybridized carbons (Fsp3) is 0.737. The Bertz CT molecular complexity index is 615. The van der Waals surface area contributed by atoms with Crippen molar-refractivity contribution in [2.45, 2.75) is 58.6 Å². The molecule has 1 N–H and O–H groups in total. The highest BCUT2D eigenvalue weighted by atomic mass is 16.5. The lowest BCUT2D eigenvalue weighted by molar-refractivity contribution is -0.120. The van der Waals surface area contributed by atoms with Gasteiger partial charge in [0, 0.05) is 13.0 Å². The summed E-state index contributed by atoms with van der Waals surface area (Å²) in [5, 5.41) is 2.82. The van der Waals surface area contributed by atoms with Crippen LogP contribution < -0.4 is 14.8 Å². The summed E-state index contributed by atoms with van der Waals surface area (Å²) in [6.07, 6.45) is 6.21. The zero-order valence-corrected chi connectivity index (χ0v) is 15.9. The van der Waals surface area contributed by atoms with Gasteiger partial charge in [-0.3, -0.25) is 4.79 Å². The van der Waals surface area contributed by atoms with Gasteiger partial charge < -0.3 is 19.5 Å². The first kappa shape index (κ1) is 18.9. The van der Waals surface area contributed by atoms with Crippen LogP contribution >= 0.6 is 0 Å². The van der Waals surface area contributed by atoms with E-state index in [0.717, 1.165) is 25.0 Å². The van der Waals surface area contributed by atoms with Crippen molar-refractivity contribution in [1.29, 1.82) is 0 Å². The number of aromatic nitrogens is 2. The molecule has 0 bridgehead atoms. The third-order valence-electron chi connectivity index (χ3n) is 4.82. The Kier molecular flexibility index (Phi) is 6.29. The van der Waals surface area contributed by atoms with Crippen LogP contribution in [0.3, 0.4) is 0 Å². The van der Waals surface area contributed by atoms with E-state index in [2.05, 4.69) is 15.3 Å². The van der Waals surface area contributed by atoms with Crippen LogP contribution in [-0.4, -0.2) is 47.8 Å². The molecule has 3 rings (SSSR count). The van der Waals surface area contributed by atoms with Crippen LogP contribution in [0, 0.1) is 18.8 Å². The quantitative estimate of drug-likeness (QED) is 0.687. The van der Waals surface area contributed by atoms with Crippen molar-refractivity contribution < 1.29 is 19.0 Å². The van der Waals surface area contributed by atoms with Crippen LogP contribution in [-0.2, 0) is 9.53 Å². The number of hydrogen-bond acceptors (Lipinski definition) is 6. The summed E-state index contributed by atoms with van der Waals surface area (Å²) in [6, 6.07) is 0.0422. The topological polar surface area (TPSA) is 82.6 Å². The highest BCUT2D eigenvalue weighted by molar-refractivity contribution is 5.73. The molecule has 2 aliphatic carbocycles. The molecule has 7 nitrogen and oxygen atoms in total. The fourth-order valence-electron chi connectivity index (χ4n) is 3.00. The Morgan fingerprint density at radius 2 is 1.81 bits per heavy atom. The van der Waals surface area contributed by atoms with Crippen LogP contribution in [0.1, 0.15) is 45.1 Å². The molecule has 1 amide bonds. The van der Waals surface area contributed by atoms with Crippen molar-refractivity contribution in [1.82, 2.24) is 15.3 Å². The third kappa shape index (κ3) is 5.56. The molecule has 144 valence electrons. The van der Waals surface area contributed by atoms with E-state index in [0.29, 0.717) is 36.8 Å². The molecule has 0 radical (unpaired) electrons. The van der Waals surface area contributed by atoms with E-state index in [-0.39, 0.29) is 18.1 Å². The van der Waals surface area contributed by atoms with E-state index in [1.807, 2.05) is 13.8 Å². The summed E-state index contributed by atoms with van der Waals surface area (Å²) in [4.78, 5) is 19.4. The van der Waals surface area contributed by atoms with Crippen molar-refractivity contribution in [3.05, 3.63) is 11.9 Å². The van der Waals surface area contributed by atoms with Gasteiger partial charge in [-0.2, -0.15) is 0 Å². The predicted molar refractivity (Wildman–Crippen MR) is 96.2 cm³/mol. The monoisotopic (exact) mass is 363 g/mol. The van der Waals surface area contributed by atoms with Crippen molar-refractivity contribution in [3.63, 3.8) is 0 Å². The zero-order valence-electron chi connectivity index (χ0n) is 15.9. The smallest absolute Gasteiger partial charge is 0.223 e. The number of rotatable bonds is 10. The summed E-state index contributed by atoms with van der Waals surface area (Å²) in [6.45, 7) is 7.31. The van der Waals surface area contributed by atoms with Crippen LogP contribution in [0.5, 0.6) is 11.8 Å². The number of carbonyl (C=O) groups excluding carboxylic acids is 1. The number of carbonyl (C=O) groups is 1. The van der Waals surface area contributed by atoms with Crippen LogP contribution in [0.2, 0.25) is 0 Å². The van der Waals surface area contributed by atoms with Gasteiger partial charge in [-0.25, -0.2) is 9.97 Å². The van der Waals surface area contributed by atoms with Crippen LogP contribution in [0.25, 0.3) is 0 Å². The summed E-state index contributed by atoms with van der Waals surface area (Å²) in [5.41, 5.74) is 0.865. The minimum Gasteiger partial charge on any atom is -0.477 e. The van der Waals surface area contributed by atoms with Crippen molar-refractivity contribution in [2.75, 3.05) is 19.8 Å². The molecule has 1 heterocycles. The molecule has 0 saturated heterocycles. The average Bonchev–Trinajstić information content (AvgIpc) is 3.36. The maximum atomic E-state index is 11.0. The third-order valence-corrected chi connectivity index (χ3v) is 4.82. The largest absolute Gasteiger partial charge is 0.477 e. The summed E-state index contributed by atoms with van der Waals surface area (Å²) in [5.74, 6) is 2.37. The standard InChI is InChI=1S/C19H29N3O4/c1-12(22-14(3)23)8-24-17-6-16(7-17)10-26-19-13(2)18(20-11-21-19)25-9-15-4-5-15/h11-12,15-17H,4-10H2,1-3H3,(H,22,23)/t12-,16?,17?/m0/s1. The molecule has 26 heavy (non-hydrogen) atoms. The van der Waals surface area contributed by atoms with E-state index in [1.54, 1.807) is 0 Å². The van der Waals surface area contributed by atoms with Crippen LogP contribution in [0.15, 0.2) is 6.33 Å². The van der Waals surface area contributed by atoms with E-state index in [9.17, 15) is 4.79 Å². The lowest BCUT2D eigenvalue weighted by atomic mass is 9.83. The maximum Gasteiger partial charge on any atom is 0.223 e. The maximum absolute atomic E-state index is 11.0. The molecule has 2 aliphatic rings. The molecule has 2 saturated carbocycles. The molecule has 7 heteroatoms. The second-order valence-corrected chi connectivity index (χ2v) is 7.57. The molecule has 0 aliphatic heterocycles.